The molecule has 0 aromatic carbocycles. The van der Waals surface area contributed by atoms with Crippen molar-refractivity contribution < 1.29 is 4.74 Å². The third-order valence-electron chi connectivity index (χ3n) is 3.92. The maximum atomic E-state index is 5.92. The fourth-order valence-corrected chi connectivity index (χ4v) is 2.57. The van der Waals surface area contributed by atoms with E-state index in [0.29, 0.717) is 12.0 Å². The summed E-state index contributed by atoms with van der Waals surface area (Å²) in [4.78, 5) is 7.11. The second-order valence-corrected chi connectivity index (χ2v) is 7.30. The molecule has 1 aliphatic heterocycles. The molecule has 2 rings (SSSR count). The van der Waals surface area contributed by atoms with Crippen molar-refractivity contribution in [3.8, 4) is 0 Å². The zero-order chi connectivity index (χ0) is 16.9. The average Bonchev–Trinajstić information content (AvgIpc) is 2.92. The average molecular weight is 321 g/mol. The molecule has 1 atom stereocenters. The number of nitrogens with zero attached hydrogens (tertiary/aromatic N) is 4. The predicted octanol–water partition coefficient (Wildman–Crippen LogP) is 2.20. The number of hydrogen-bond acceptors (Lipinski definition) is 3. The molecule has 6 nitrogen and oxygen atoms in total. The molecular weight excluding hydrogens is 290 g/mol. The van der Waals surface area contributed by atoms with Crippen LogP contribution in [-0.2, 0) is 11.8 Å². The van der Waals surface area contributed by atoms with E-state index in [1.54, 1.807) is 0 Å². The van der Waals surface area contributed by atoms with E-state index in [1.165, 1.54) is 0 Å². The van der Waals surface area contributed by atoms with Crippen LogP contribution in [0.25, 0.3) is 0 Å². The number of nitrogens with one attached hydrogen (secondary N) is 1. The van der Waals surface area contributed by atoms with Crippen molar-refractivity contribution in [3.05, 3.63) is 18.0 Å². The second-order valence-electron chi connectivity index (χ2n) is 7.30. The maximum absolute atomic E-state index is 5.92. The minimum Gasteiger partial charge on any atom is -0.370 e. The van der Waals surface area contributed by atoms with Crippen LogP contribution < -0.4 is 5.32 Å². The number of hydrogen-bond donors (Lipinski definition) is 1. The summed E-state index contributed by atoms with van der Waals surface area (Å²) in [6.45, 7) is 13.0. The van der Waals surface area contributed by atoms with Crippen molar-refractivity contribution >= 4 is 5.96 Å². The van der Waals surface area contributed by atoms with Gasteiger partial charge >= 0.3 is 0 Å². The standard InChI is InChI=1S/C17H31N5O/c1-6-18-16(19-8-7-17(2,3)4)22-9-10-23-15(13-22)14-11-20-21(5)12-14/h11-12,15H,6-10,13H2,1-5H3,(H,18,19). The number of morpholine rings is 1. The summed E-state index contributed by atoms with van der Waals surface area (Å²) in [5.74, 6) is 0.994. The third kappa shape index (κ3) is 5.53. The molecule has 130 valence electrons. The number of guanidine groups is 1. The Balaban J connectivity index is 2.01. The predicted molar refractivity (Wildman–Crippen MR) is 93.5 cm³/mol. The van der Waals surface area contributed by atoms with Crippen LogP contribution in [0.15, 0.2) is 17.4 Å². The number of aryl methyl sites for hydroxylation is 1. The van der Waals surface area contributed by atoms with Crippen molar-refractivity contribution in [3.63, 3.8) is 0 Å². The fraction of sp³-hybridized carbons (Fsp3) is 0.765. The largest absolute Gasteiger partial charge is 0.370 e. The van der Waals surface area contributed by atoms with Gasteiger partial charge in [0.2, 0.25) is 0 Å². The van der Waals surface area contributed by atoms with Crippen LogP contribution in [0.5, 0.6) is 0 Å². The minimum atomic E-state index is 0.0592. The number of rotatable bonds is 4. The smallest absolute Gasteiger partial charge is 0.194 e. The van der Waals surface area contributed by atoms with Crippen LogP contribution in [0.4, 0.5) is 0 Å². The van der Waals surface area contributed by atoms with Gasteiger partial charge < -0.3 is 15.0 Å². The molecule has 0 bridgehead atoms. The highest BCUT2D eigenvalue weighted by atomic mass is 16.5. The molecule has 1 saturated heterocycles. The number of ether oxygens (including phenoxy) is 1. The maximum Gasteiger partial charge on any atom is 0.194 e. The third-order valence-corrected chi connectivity index (χ3v) is 3.92. The van der Waals surface area contributed by atoms with Gasteiger partial charge in [0, 0.05) is 38.4 Å². The normalized spacial score (nSPS) is 20.0. The molecule has 1 aromatic heterocycles. The first kappa shape index (κ1) is 17.8. The Morgan fingerprint density at radius 1 is 1.48 bits per heavy atom. The van der Waals surface area contributed by atoms with E-state index in [4.69, 9.17) is 9.73 Å². The fourth-order valence-electron chi connectivity index (χ4n) is 2.57. The first-order chi connectivity index (χ1) is 10.9. The quantitative estimate of drug-likeness (QED) is 0.682. The van der Waals surface area contributed by atoms with E-state index >= 15 is 0 Å². The Kier molecular flexibility index (Phi) is 6.04. The molecule has 2 heterocycles. The first-order valence-electron chi connectivity index (χ1n) is 8.52. The van der Waals surface area contributed by atoms with Crippen LogP contribution >= 0.6 is 0 Å². The van der Waals surface area contributed by atoms with Gasteiger partial charge in [-0.05, 0) is 18.8 Å². The molecule has 0 aliphatic carbocycles. The lowest BCUT2D eigenvalue weighted by Crippen LogP contribution is -2.48. The number of aromatic nitrogens is 2. The van der Waals surface area contributed by atoms with E-state index in [0.717, 1.165) is 44.1 Å². The van der Waals surface area contributed by atoms with Gasteiger partial charge in [-0.2, -0.15) is 5.10 Å². The number of aliphatic imine (C=N–C) groups is 1. The lowest BCUT2D eigenvalue weighted by molar-refractivity contribution is -0.00805. The summed E-state index contributed by atoms with van der Waals surface area (Å²) >= 11 is 0. The van der Waals surface area contributed by atoms with Gasteiger partial charge in [-0.25, -0.2) is 0 Å². The Morgan fingerprint density at radius 3 is 2.87 bits per heavy atom. The Labute approximate surface area is 139 Å². The molecule has 1 aromatic rings. The van der Waals surface area contributed by atoms with Crippen LogP contribution in [0, 0.1) is 5.41 Å². The van der Waals surface area contributed by atoms with Gasteiger partial charge in [0.25, 0.3) is 0 Å². The van der Waals surface area contributed by atoms with Gasteiger partial charge in [0.05, 0.1) is 19.3 Å². The summed E-state index contributed by atoms with van der Waals surface area (Å²) < 4.78 is 7.74. The molecule has 1 N–H and O–H groups in total. The molecule has 0 saturated carbocycles. The highest BCUT2D eigenvalue weighted by Gasteiger charge is 2.25. The SMILES string of the molecule is CCNC(=NCCC(C)(C)C)N1CCOC(c2cnn(C)c2)C1. The Morgan fingerprint density at radius 2 is 2.26 bits per heavy atom. The minimum absolute atomic E-state index is 0.0592. The van der Waals surface area contributed by atoms with E-state index in [9.17, 15) is 0 Å². The highest BCUT2D eigenvalue weighted by Crippen LogP contribution is 2.22. The molecule has 0 amide bonds. The van der Waals surface area contributed by atoms with Gasteiger partial charge in [-0.3, -0.25) is 9.67 Å². The van der Waals surface area contributed by atoms with E-state index in [-0.39, 0.29) is 6.10 Å². The van der Waals surface area contributed by atoms with E-state index < -0.39 is 0 Å². The zero-order valence-electron chi connectivity index (χ0n) is 15.2. The summed E-state index contributed by atoms with van der Waals surface area (Å²) in [6, 6.07) is 0. The molecule has 0 radical (unpaired) electrons. The molecule has 6 heteroatoms. The summed E-state index contributed by atoms with van der Waals surface area (Å²) in [7, 11) is 1.93. The Bertz CT molecular complexity index is 517. The summed E-state index contributed by atoms with van der Waals surface area (Å²) in [5, 5.41) is 7.66. The first-order valence-corrected chi connectivity index (χ1v) is 8.52. The van der Waals surface area contributed by atoms with Crippen LogP contribution in [0.3, 0.4) is 0 Å². The topological polar surface area (TPSA) is 54.7 Å². The van der Waals surface area contributed by atoms with Gasteiger partial charge in [-0.1, -0.05) is 20.8 Å². The van der Waals surface area contributed by atoms with Crippen molar-refractivity contribution in [2.75, 3.05) is 32.8 Å². The van der Waals surface area contributed by atoms with Crippen molar-refractivity contribution in [1.29, 1.82) is 0 Å². The van der Waals surface area contributed by atoms with E-state index in [1.807, 2.05) is 24.1 Å². The van der Waals surface area contributed by atoms with Crippen molar-refractivity contribution in [1.82, 2.24) is 20.0 Å². The molecule has 1 unspecified atom stereocenters. The molecule has 23 heavy (non-hydrogen) atoms. The van der Waals surface area contributed by atoms with Crippen molar-refractivity contribution in [2.24, 2.45) is 17.5 Å². The molecule has 0 spiro atoms. The van der Waals surface area contributed by atoms with Crippen LogP contribution in [0.2, 0.25) is 0 Å². The summed E-state index contributed by atoms with van der Waals surface area (Å²) in [6.07, 6.45) is 5.05. The van der Waals surface area contributed by atoms with Crippen molar-refractivity contribution in [2.45, 2.75) is 40.2 Å². The Hall–Kier alpha value is -1.56. The van der Waals surface area contributed by atoms with E-state index in [2.05, 4.69) is 43.0 Å². The lowest BCUT2D eigenvalue weighted by atomic mass is 9.92. The molecule has 1 aliphatic rings. The molecule has 1 fully saturated rings. The second kappa shape index (κ2) is 7.81. The van der Waals surface area contributed by atoms with Gasteiger partial charge in [0.1, 0.15) is 6.10 Å². The zero-order valence-corrected chi connectivity index (χ0v) is 15.2. The van der Waals surface area contributed by atoms with Gasteiger partial charge in [-0.15, -0.1) is 0 Å². The monoisotopic (exact) mass is 321 g/mol. The van der Waals surface area contributed by atoms with Crippen LogP contribution in [0.1, 0.15) is 45.8 Å². The van der Waals surface area contributed by atoms with Crippen LogP contribution in [-0.4, -0.2) is 53.4 Å². The molecular formula is C17H31N5O. The van der Waals surface area contributed by atoms with Gasteiger partial charge in [0.15, 0.2) is 5.96 Å². The highest BCUT2D eigenvalue weighted by molar-refractivity contribution is 5.80. The lowest BCUT2D eigenvalue weighted by Gasteiger charge is -2.35. The summed E-state index contributed by atoms with van der Waals surface area (Å²) in [5.41, 5.74) is 1.44.